The van der Waals surface area contributed by atoms with Crippen molar-refractivity contribution >= 4 is 34.1 Å². The summed E-state index contributed by atoms with van der Waals surface area (Å²) in [7, 11) is -1.06. The molecule has 0 saturated heterocycles. The molecule has 1 amide bonds. The lowest BCUT2D eigenvalue weighted by Crippen LogP contribution is -2.17. The molecular formula is C18H13ClFN3O2S. The molecule has 1 aliphatic rings. The Balaban J connectivity index is 1.78. The second-order valence-electron chi connectivity index (χ2n) is 5.83. The Hall–Kier alpha value is -2.51. The fraction of sp³-hybridized carbons (Fsp3) is 0.111. The van der Waals surface area contributed by atoms with Gasteiger partial charge in [-0.05, 0) is 30.3 Å². The Kier molecular flexibility index (Phi) is 4.34. The van der Waals surface area contributed by atoms with E-state index in [4.69, 9.17) is 11.6 Å². The Labute approximate surface area is 156 Å². The first-order valence-corrected chi connectivity index (χ1v) is 9.67. The number of fused-ring (bicyclic) bond motifs is 1. The van der Waals surface area contributed by atoms with Crippen LogP contribution in [0.4, 0.5) is 10.2 Å². The molecule has 2 heterocycles. The van der Waals surface area contributed by atoms with E-state index >= 15 is 0 Å². The average Bonchev–Trinajstić information content (AvgIpc) is 3.12. The molecule has 0 unspecified atom stereocenters. The zero-order valence-corrected chi connectivity index (χ0v) is 15.0. The van der Waals surface area contributed by atoms with E-state index in [1.807, 2.05) is 0 Å². The number of amides is 1. The molecule has 26 heavy (non-hydrogen) atoms. The maximum atomic E-state index is 13.9. The SMILES string of the molecule is O=C(Nc1c2c(nn1-c1cccc(Cl)c1)C[S@](=O)C2)c1ccccc1F. The third-order valence-electron chi connectivity index (χ3n) is 4.07. The minimum absolute atomic E-state index is 0.0702. The van der Waals surface area contributed by atoms with Crippen LogP contribution in [-0.4, -0.2) is 19.9 Å². The van der Waals surface area contributed by atoms with Gasteiger partial charge in [0, 0.05) is 21.4 Å². The predicted octanol–water partition coefficient (Wildman–Crippen LogP) is 3.68. The third-order valence-corrected chi connectivity index (χ3v) is 5.51. The van der Waals surface area contributed by atoms with Crippen LogP contribution < -0.4 is 5.32 Å². The summed E-state index contributed by atoms with van der Waals surface area (Å²) < 4.78 is 27.4. The lowest BCUT2D eigenvalue weighted by molar-refractivity contribution is 0.102. The van der Waals surface area contributed by atoms with Crippen LogP contribution in [0.2, 0.25) is 5.02 Å². The third kappa shape index (κ3) is 3.04. The normalized spacial score (nSPS) is 15.7. The number of rotatable bonds is 3. The molecule has 3 aromatic rings. The highest BCUT2D eigenvalue weighted by Crippen LogP contribution is 2.32. The molecule has 2 aromatic carbocycles. The van der Waals surface area contributed by atoms with Gasteiger partial charge in [0.15, 0.2) is 0 Å². The maximum absolute atomic E-state index is 13.9. The van der Waals surface area contributed by atoms with E-state index in [2.05, 4.69) is 10.4 Å². The van der Waals surface area contributed by atoms with Crippen LogP contribution in [0.3, 0.4) is 0 Å². The van der Waals surface area contributed by atoms with Crippen LogP contribution in [0.1, 0.15) is 21.6 Å². The quantitative estimate of drug-likeness (QED) is 0.743. The van der Waals surface area contributed by atoms with Crippen molar-refractivity contribution in [1.29, 1.82) is 0 Å². The summed E-state index contributed by atoms with van der Waals surface area (Å²) in [6, 6.07) is 12.7. The van der Waals surface area contributed by atoms with Gasteiger partial charge in [-0.1, -0.05) is 29.8 Å². The van der Waals surface area contributed by atoms with Gasteiger partial charge in [0.2, 0.25) is 0 Å². The molecule has 1 aromatic heterocycles. The van der Waals surface area contributed by atoms with Crippen molar-refractivity contribution < 1.29 is 13.4 Å². The molecule has 0 bridgehead atoms. The highest BCUT2D eigenvalue weighted by Gasteiger charge is 2.29. The molecule has 1 N–H and O–H groups in total. The van der Waals surface area contributed by atoms with Crippen molar-refractivity contribution in [2.24, 2.45) is 0 Å². The van der Waals surface area contributed by atoms with Gasteiger partial charge >= 0.3 is 0 Å². The molecule has 0 radical (unpaired) electrons. The van der Waals surface area contributed by atoms with Gasteiger partial charge < -0.3 is 5.32 Å². The highest BCUT2D eigenvalue weighted by molar-refractivity contribution is 7.83. The summed E-state index contributed by atoms with van der Waals surface area (Å²) in [6.45, 7) is 0. The fourth-order valence-electron chi connectivity index (χ4n) is 2.87. The average molecular weight is 390 g/mol. The molecule has 0 fully saturated rings. The monoisotopic (exact) mass is 389 g/mol. The number of anilines is 1. The van der Waals surface area contributed by atoms with Gasteiger partial charge in [-0.3, -0.25) is 9.00 Å². The number of nitrogens with one attached hydrogen (secondary N) is 1. The van der Waals surface area contributed by atoms with E-state index in [1.165, 1.54) is 18.2 Å². The van der Waals surface area contributed by atoms with Gasteiger partial charge in [-0.15, -0.1) is 0 Å². The van der Waals surface area contributed by atoms with Gasteiger partial charge in [0.05, 0.1) is 28.5 Å². The van der Waals surface area contributed by atoms with Crippen LogP contribution in [-0.2, 0) is 22.3 Å². The Morgan fingerprint density at radius 1 is 1.19 bits per heavy atom. The highest BCUT2D eigenvalue weighted by atomic mass is 35.5. The van der Waals surface area contributed by atoms with Crippen molar-refractivity contribution in [3.05, 3.63) is 76.2 Å². The van der Waals surface area contributed by atoms with Crippen LogP contribution >= 0.6 is 11.6 Å². The van der Waals surface area contributed by atoms with Crippen molar-refractivity contribution in [1.82, 2.24) is 9.78 Å². The van der Waals surface area contributed by atoms with E-state index in [1.54, 1.807) is 35.0 Å². The lowest BCUT2D eigenvalue weighted by atomic mass is 10.2. The maximum Gasteiger partial charge on any atom is 0.259 e. The largest absolute Gasteiger partial charge is 0.306 e. The standard InChI is InChI=1S/C18H13ClFN3O2S/c19-11-4-3-5-12(8-11)23-17(14-9-26(25)10-16(14)22-23)21-18(24)13-6-1-2-7-15(13)20/h1-8H,9-10H2,(H,21,24)/t26-/m1/s1. The minimum Gasteiger partial charge on any atom is -0.306 e. The van der Waals surface area contributed by atoms with Crippen molar-refractivity contribution in [3.63, 3.8) is 0 Å². The van der Waals surface area contributed by atoms with Crippen LogP contribution in [0.25, 0.3) is 5.69 Å². The first-order valence-electron chi connectivity index (χ1n) is 7.80. The topological polar surface area (TPSA) is 64.0 Å². The predicted molar refractivity (Wildman–Crippen MR) is 98.5 cm³/mol. The number of carbonyl (C=O) groups excluding carboxylic acids is 1. The molecule has 4 rings (SSSR count). The first kappa shape index (κ1) is 16.9. The molecule has 1 atom stereocenters. The first-order chi connectivity index (χ1) is 12.5. The van der Waals surface area contributed by atoms with Crippen LogP contribution in [0.5, 0.6) is 0 Å². The van der Waals surface area contributed by atoms with Gasteiger partial charge in [0.1, 0.15) is 11.6 Å². The zero-order chi connectivity index (χ0) is 18.3. The van der Waals surface area contributed by atoms with Crippen molar-refractivity contribution in [2.45, 2.75) is 11.5 Å². The molecule has 8 heteroatoms. The smallest absolute Gasteiger partial charge is 0.259 e. The number of hydrogen-bond acceptors (Lipinski definition) is 3. The molecule has 1 aliphatic heterocycles. The number of aromatic nitrogens is 2. The Morgan fingerprint density at radius 3 is 2.77 bits per heavy atom. The zero-order valence-electron chi connectivity index (χ0n) is 13.4. The summed E-state index contributed by atoms with van der Waals surface area (Å²) in [6.07, 6.45) is 0. The summed E-state index contributed by atoms with van der Waals surface area (Å²) in [5.74, 6) is -0.194. The van der Waals surface area contributed by atoms with E-state index in [9.17, 15) is 13.4 Å². The van der Waals surface area contributed by atoms with E-state index in [0.29, 0.717) is 39.3 Å². The number of halogens is 2. The molecule has 0 aliphatic carbocycles. The molecule has 0 saturated carbocycles. The van der Waals surface area contributed by atoms with Gasteiger partial charge in [0.25, 0.3) is 5.91 Å². The van der Waals surface area contributed by atoms with E-state index < -0.39 is 22.5 Å². The van der Waals surface area contributed by atoms with Gasteiger partial charge in [-0.25, -0.2) is 9.07 Å². The van der Waals surface area contributed by atoms with Gasteiger partial charge in [-0.2, -0.15) is 5.10 Å². The van der Waals surface area contributed by atoms with Crippen LogP contribution in [0.15, 0.2) is 48.5 Å². The number of hydrogen-bond donors (Lipinski definition) is 1. The van der Waals surface area contributed by atoms with Crippen LogP contribution in [0, 0.1) is 5.82 Å². The Morgan fingerprint density at radius 2 is 2.00 bits per heavy atom. The second-order valence-corrected chi connectivity index (χ2v) is 7.72. The molecule has 132 valence electrons. The molecule has 5 nitrogen and oxygen atoms in total. The lowest BCUT2D eigenvalue weighted by Gasteiger charge is -2.11. The van der Waals surface area contributed by atoms with E-state index in [-0.39, 0.29) is 5.56 Å². The number of nitrogens with zero attached hydrogens (tertiary/aromatic N) is 2. The van der Waals surface area contributed by atoms with Crippen molar-refractivity contribution in [3.8, 4) is 5.69 Å². The summed E-state index contributed by atoms with van der Waals surface area (Å²) in [5.41, 5.74) is 1.95. The summed E-state index contributed by atoms with van der Waals surface area (Å²) in [5, 5.41) is 7.73. The fourth-order valence-corrected chi connectivity index (χ4v) is 4.32. The van der Waals surface area contributed by atoms with Crippen molar-refractivity contribution in [2.75, 3.05) is 5.32 Å². The summed E-state index contributed by atoms with van der Waals surface area (Å²) >= 11 is 6.06. The Bertz CT molecular complexity index is 1050. The number of carbonyl (C=O) groups is 1. The molecule has 0 spiro atoms. The summed E-state index contributed by atoms with van der Waals surface area (Å²) in [4.78, 5) is 12.6. The second kappa shape index (κ2) is 6.66. The van der Waals surface area contributed by atoms with E-state index in [0.717, 1.165) is 0 Å². The number of benzene rings is 2. The minimum atomic E-state index is -1.06. The molecular weight excluding hydrogens is 377 g/mol.